The molecule has 3 heterocycles. The molecule has 2 aliphatic rings. The lowest BCUT2D eigenvalue weighted by molar-refractivity contribution is -0.114. The molecule has 33 heavy (non-hydrogen) atoms. The summed E-state index contributed by atoms with van der Waals surface area (Å²) in [5, 5.41) is 15.9. The lowest BCUT2D eigenvalue weighted by Gasteiger charge is -2.20. The Kier molecular flexibility index (Phi) is 5.13. The molecule has 3 aromatic rings. The second-order valence-electron chi connectivity index (χ2n) is 8.30. The van der Waals surface area contributed by atoms with E-state index in [1.165, 1.54) is 22.3 Å². The van der Waals surface area contributed by atoms with Gasteiger partial charge in [-0.3, -0.25) is 10.2 Å². The summed E-state index contributed by atoms with van der Waals surface area (Å²) in [6.45, 7) is 8.15. The van der Waals surface area contributed by atoms with Crippen LogP contribution in [0.25, 0.3) is 11.8 Å². The highest BCUT2D eigenvalue weighted by atomic mass is 32.2. The monoisotopic (exact) mass is 453 g/mol. The normalized spacial score (nSPS) is 16.8. The van der Waals surface area contributed by atoms with Gasteiger partial charge in [-0.1, -0.05) is 35.9 Å². The maximum atomic E-state index is 12.9. The molecule has 164 valence electrons. The van der Waals surface area contributed by atoms with Crippen molar-refractivity contribution in [3.63, 3.8) is 0 Å². The first-order chi connectivity index (χ1) is 15.8. The van der Waals surface area contributed by atoms with E-state index in [0.717, 1.165) is 38.8 Å². The number of aryl methyl sites for hydroxylation is 3. The number of rotatable bonds is 3. The first kappa shape index (κ1) is 21.2. The van der Waals surface area contributed by atoms with Gasteiger partial charge in [0.25, 0.3) is 5.91 Å². The number of hydrogen-bond donors (Lipinski definition) is 1. The first-order valence-electron chi connectivity index (χ1n) is 10.6. The van der Waals surface area contributed by atoms with Gasteiger partial charge in [0.05, 0.1) is 5.57 Å². The number of hydrazone groups is 1. The van der Waals surface area contributed by atoms with E-state index < -0.39 is 5.91 Å². The zero-order chi connectivity index (χ0) is 23.3. The zero-order valence-electron chi connectivity index (χ0n) is 18.9. The number of aromatic nitrogens is 1. The highest BCUT2D eigenvalue weighted by Crippen LogP contribution is 2.32. The van der Waals surface area contributed by atoms with E-state index in [1.54, 1.807) is 6.08 Å². The number of carbonyl (C=O) groups excluding carboxylic acids is 1. The molecule has 2 aromatic carbocycles. The van der Waals surface area contributed by atoms with Gasteiger partial charge < -0.3 is 4.57 Å². The van der Waals surface area contributed by atoms with Crippen molar-refractivity contribution in [3.8, 4) is 5.69 Å². The molecule has 0 radical (unpaired) electrons. The Morgan fingerprint density at radius 3 is 2.42 bits per heavy atom. The van der Waals surface area contributed by atoms with Gasteiger partial charge in [0.15, 0.2) is 5.84 Å². The fourth-order valence-electron chi connectivity index (χ4n) is 4.14. The lowest BCUT2D eigenvalue weighted by Crippen LogP contribution is -2.35. The third-order valence-corrected chi connectivity index (χ3v) is 6.71. The minimum absolute atomic E-state index is 0.0421. The highest BCUT2D eigenvalue weighted by molar-refractivity contribution is 8.27. The fourth-order valence-corrected chi connectivity index (χ4v) is 5.03. The van der Waals surface area contributed by atoms with Crippen molar-refractivity contribution in [2.24, 2.45) is 10.1 Å². The maximum absolute atomic E-state index is 12.9. The van der Waals surface area contributed by atoms with Crippen LogP contribution >= 0.6 is 11.8 Å². The fraction of sp³-hybridized carbons (Fsp3) is 0.154. The third-order valence-electron chi connectivity index (χ3n) is 5.75. The van der Waals surface area contributed by atoms with Gasteiger partial charge in [-0.05, 0) is 80.9 Å². The van der Waals surface area contributed by atoms with Crippen molar-refractivity contribution in [1.29, 1.82) is 5.41 Å². The number of thioether (sulfide) groups is 1. The molecule has 5 rings (SSSR count). The molecule has 1 aromatic heterocycles. The van der Waals surface area contributed by atoms with E-state index >= 15 is 0 Å². The van der Waals surface area contributed by atoms with Crippen LogP contribution in [0.15, 0.2) is 70.3 Å². The summed E-state index contributed by atoms with van der Waals surface area (Å²) in [6.07, 6.45) is 1.75. The molecular weight excluding hydrogens is 430 g/mol. The Hall–Kier alpha value is -3.71. The van der Waals surface area contributed by atoms with Gasteiger partial charge in [-0.25, -0.2) is 0 Å². The van der Waals surface area contributed by atoms with Gasteiger partial charge in [0.2, 0.25) is 5.17 Å². The molecule has 0 saturated heterocycles. The van der Waals surface area contributed by atoms with E-state index in [2.05, 4.69) is 39.8 Å². The van der Waals surface area contributed by atoms with Crippen LogP contribution in [0.1, 0.15) is 33.6 Å². The molecule has 0 atom stereocenters. The topological polar surface area (TPSA) is 73.8 Å². The van der Waals surface area contributed by atoms with E-state index in [-0.39, 0.29) is 11.4 Å². The van der Waals surface area contributed by atoms with Crippen molar-refractivity contribution in [2.45, 2.75) is 27.7 Å². The van der Waals surface area contributed by atoms with Gasteiger partial charge in [-0.2, -0.15) is 15.1 Å². The molecule has 0 fully saturated rings. The summed E-state index contributed by atoms with van der Waals surface area (Å²) in [6, 6.07) is 18.3. The summed E-state index contributed by atoms with van der Waals surface area (Å²) < 4.78 is 2.16. The Bertz CT molecular complexity index is 1430. The van der Waals surface area contributed by atoms with E-state index in [9.17, 15) is 4.79 Å². The number of amidine groups is 2. The highest BCUT2D eigenvalue weighted by Gasteiger charge is 2.36. The van der Waals surface area contributed by atoms with Crippen LogP contribution in [-0.4, -0.2) is 31.5 Å². The molecule has 2 aliphatic heterocycles. The van der Waals surface area contributed by atoms with Gasteiger partial charge >= 0.3 is 0 Å². The number of amides is 1. The minimum Gasteiger partial charge on any atom is -0.318 e. The Labute approximate surface area is 196 Å². The molecule has 0 aliphatic carbocycles. The molecule has 1 amide bonds. The van der Waals surface area contributed by atoms with Gasteiger partial charge in [-0.15, -0.1) is 0 Å². The average Bonchev–Trinajstić information content (AvgIpc) is 3.31. The quantitative estimate of drug-likeness (QED) is 0.541. The minimum atomic E-state index is -0.417. The molecule has 1 N–H and O–H groups in total. The summed E-state index contributed by atoms with van der Waals surface area (Å²) in [5.74, 6) is -0.375. The predicted molar refractivity (Wildman–Crippen MR) is 135 cm³/mol. The SMILES string of the molecule is Cc1cccc(C2=NN3C(=N)/C(=C/c4cc(C)n(-c5cccc(C)c5)c4C)C(=O)N=C3S2)c1. The van der Waals surface area contributed by atoms with Crippen molar-refractivity contribution in [2.75, 3.05) is 0 Å². The smallest absolute Gasteiger partial charge is 0.283 e. The van der Waals surface area contributed by atoms with Crippen LogP contribution in [0, 0.1) is 33.1 Å². The average molecular weight is 454 g/mol. The van der Waals surface area contributed by atoms with E-state index in [4.69, 9.17) is 5.41 Å². The van der Waals surface area contributed by atoms with Gasteiger partial charge in [0.1, 0.15) is 5.04 Å². The van der Waals surface area contributed by atoms with Gasteiger partial charge in [0, 0.05) is 22.6 Å². The van der Waals surface area contributed by atoms with Crippen molar-refractivity contribution in [3.05, 3.63) is 93.8 Å². The molecule has 7 heteroatoms. The number of fused-ring (bicyclic) bond motifs is 1. The van der Waals surface area contributed by atoms with Crippen molar-refractivity contribution >= 4 is 39.8 Å². The van der Waals surface area contributed by atoms with Crippen LogP contribution in [0.3, 0.4) is 0 Å². The van der Waals surface area contributed by atoms with E-state index in [0.29, 0.717) is 5.17 Å². The Morgan fingerprint density at radius 2 is 1.70 bits per heavy atom. The summed E-state index contributed by atoms with van der Waals surface area (Å²) in [5.41, 5.74) is 7.50. The largest absolute Gasteiger partial charge is 0.318 e. The van der Waals surface area contributed by atoms with Crippen LogP contribution in [0.4, 0.5) is 0 Å². The predicted octanol–water partition coefficient (Wildman–Crippen LogP) is 5.38. The standard InChI is InChI=1S/C26H23N5OS/c1-15-7-5-9-19(11-15)25-29-31-23(27)22(24(32)28-26(31)33-25)14-20-13-17(3)30(18(20)4)21-10-6-8-16(2)12-21/h5-14,27H,1-4H3/b22-14-,27-23?. The summed E-state index contributed by atoms with van der Waals surface area (Å²) in [4.78, 5) is 17.1. The second kappa shape index (κ2) is 8.01. The summed E-state index contributed by atoms with van der Waals surface area (Å²) in [7, 11) is 0. The zero-order valence-corrected chi connectivity index (χ0v) is 19.7. The molecular formula is C26H23N5OS. The third kappa shape index (κ3) is 3.74. The molecule has 0 unspecified atom stereocenters. The number of aliphatic imine (C=N–C) groups is 1. The number of benzene rings is 2. The van der Waals surface area contributed by atoms with Crippen LogP contribution < -0.4 is 0 Å². The lowest BCUT2D eigenvalue weighted by atomic mass is 10.1. The number of nitrogens with zero attached hydrogens (tertiary/aromatic N) is 4. The van der Waals surface area contributed by atoms with E-state index in [1.807, 2.05) is 57.2 Å². The number of nitrogens with one attached hydrogen (secondary N) is 1. The Morgan fingerprint density at radius 1 is 0.970 bits per heavy atom. The molecule has 6 nitrogen and oxygen atoms in total. The first-order valence-corrected chi connectivity index (χ1v) is 11.5. The number of carbonyl (C=O) groups is 1. The Balaban J connectivity index is 1.52. The van der Waals surface area contributed by atoms with Crippen LogP contribution in [-0.2, 0) is 4.79 Å². The summed E-state index contributed by atoms with van der Waals surface area (Å²) >= 11 is 1.31. The van der Waals surface area contributed by atoms with Crippen LogP contribution in [0.5, 0.6) is 0 Å². The van der Waals surface area contributed by atoms with Crippen molar-refractivity contribution in [1.82, 2.24) is 9.58 Å². The molecule has 0 saturated carbocycles. The second-order valence-corrected chi connectivity index (χ2v) is 9.25. The maximum Gasteiger partial charge on any atom is 0.283 e. The van der Waals surface area contributed by atoms with Crippen molar-refractivity contribution < 1.29 is 4.79 Å². The molecule has 0 spiro atoms. The van der Waals surface area contributed by atoms with Crippen LogP contribution in [0.2, 0.25) is 0 Å². The number of hydrogen-bond acceptors (Lipinski definition) is 4. The molecule has 0 bridgehead atoms.